The first kappa shape index (κ1) is 17.7. The summed E-state index contributed by atoms with van der Waals surface area (Å²) in [6, 6.07) is 7.19. The Morgan fingerprint density at radius 2 is 1.48 bits per heavy atom. The van der Waals surface area contributed by atoms with Crippen LogP contribution in [0.25, 0.3) is 0 Å². The summed E-state index contributed by atoms with van der Waals surface area (Å²) < 4.78 is 0. The van der Waals surface area contributed by atoms with Crippen LogP contribution in [-0.2, 0) is 4.79 Å². The van der Waals surface area contributed by atoms with Gasteiger partial charge in [0.1, 0.15) is 0 Å². The van der Waals surface area contributed by atoms with Crippen LogP contribution in [-0.4, -0.2) is 72.3 Å². The van der Waals surface area contributed by atoms with Crippen molar-refractivity contribution in [3.05, 3.63) is 29.8 Å². The fraction of sp³-hybridized carbons (Fsp3) is 0.579. The molecule has 0 bridgehead atoms. The Balaban J connectivity index is 1.49. The molecule has 0 spiro atoms. The third-order valence-corrected chi connectivity index (χ3v) is 5.17. The van der Waals surface area contributed by atoms with Crippen molar-refractivity contribution in [2.75, 3.05) is 51.5 Å². The van der Waals surface area contributed by atoms with E-state index in [1.54, 1.807) is 12.1 Å². The molecule has 6 heteroatoms. The predicted octanol–water partition coefficient (Wildman–Crippen LogP) is 1.43. The maximum atomic E-state index is 12.6. The zero-order valence-corrected chi connectivity index (χ0v) is 14.8. The van der Waals surface area contributed by atoms with Crippen molar-refractivity contribution in [3.8, 4) is 0 Å². The molecule has 0 atom stereocenters. The lowest BCUT2D eigenvalue weighted by Gasteiger charge is -2.35. The van der Waals surface area contributed by atoms with E-state index in [1.807, 2.05) is 21.9 Å². The highest BCUT2D eigenvalue weighted by Crippen LogP contribution is 2.15. The van der Waals surface area contributed by atoms with Crippen LogP contribution in [0.3, 0.4) is 0 Å². The molecule has 3 rings (SSSR count). The number of amides is 2. The number of likely N-dealkylation sites (tertiary alicyclic amines) is 1. The van der Waals surface area contributed by atoms with Gasteiger partial charge in [0.05, 0.1) is 12.1 Å². The molecule has 2 aliphatic rings. The predicted molar refractivity (Wildman–Crippen MR) is 98.2 cm³/mol. The summed E-state index contributed by atoms with van der Waals surface area (Å²) in [5, 5.41) is 0. The summed E-state index contributed by atoms with van der Waals surface area (Å²) in [6.07, 6.45) is 4.69. The fourth-order valence-electron chi connectivity index (χ4n) is 3.58. The van der Waals surface area contributed by atoms with Crippen molar-refractivity contribution in [2.45, 2.75) is 25.7 Å². The first-order valence-corrected chi connectivity index (χ1v) is 9.29. The van der Waals surface area contributed by atoms with Gasteiger partial charge in [0, 0.05) is 45.0 Å². The van der Waals surface area contributed by atoms with Crippen LogP contribution in [0, 0.1) is 0 Å². The summed E-state index contributed by atoms with van der Waals surface area (Å²) in [5.41, 5.74) is 6.99. The number of carbonyl (C=O) groups is 2. The number of carbonyl (C=O) groups excluding carboxylic acids is 2. The second-order valence-corrected chi connectivity index (χ2v) is 6.95. The lowest BCUT2D eigenvalue weighted by Crippen LogP contribution is -2.51. The van der Waals surface area contributed by atoms with Crippen molar-refractivity contribution >= 4 is 17.5 Å². The molecule has 0 saturated carbocycles. The summed E-state index contributed by atoms with van der Waals surface area (Å²) in [4.78, 5) is 31.1. The third-order valence-electron chi connectivity index (χ3n) is 5.17. The van der Waals surface area contributed by atoms with E-state index in [4.69, 9.17) is 5.73 Å². The lowest BCUT2D eigenvalue weighted by molar-refractivity contribution is -0.132. The van der Waals surface area contributed by atoms with E-state index in [1.165, 1.54) is 12.8 Å². The molecule has 0 radical (unpaired) electrons. The number of para-hydroxylation sites is 1. The molecule has 25 heavy (non-hydrogen) atoms. The molecule has 2 aliphatic heterocycles. The smallest absolute Gasteiger partial charge is 0.256 e. The second-order valence-electron chi connectivity index (χ2n) is 6.95. The van der Waals surface area contributed by atoms with E-state index in [0.29, 0.717) is 30.9 Å². The molecule has 0 aromatic heterocycles. The van der Waals surface area contributed by atoms with Crippen LogP contribution in [0.4, 0.5) is 5.69 Å². The minimum absolute atomic E-state index is 0.0170. The van der Waals surface area contributed by atoms with Gasteiger partial charge in [0.15, 0.2) is 0 Å². The van der Waals surface area contributed by atoms with Crippen molar-refractivity contribution in [2.24, 2.45) is 0 Å². The number of hydrogen-bond donors (Lipinski definition) is 1. The van der Waals surface area contributed by atoms with Gasteiger partial charge in [0.2, 0.25) is 5.91 Å². The molecule has 2 heterocycles. The average molecular weight is 344 g/mol. The molecule has 2 saturated heterocycles. The number of rotatable bonds is 3. The number of piperazine rings is 1. The van der Waals surface area contributed by atoms with E-state index in [0.717, 1.165) is 39.0 Å². The summed E-state index contributed by atoms with van der Waals surface area (Å²) >= 11 is 0. The van der Waals surface area contributed by atoms with Crippen molar-refractivity contribution in [3.63, 3.8) is 0 Å². The van der Waals surface area contributed by atoms with Gasteiger partial charge in [-0.25, -0.2) is 0 Å². The number of anilines is 1. The van der Waals surface area contributed by atoms with Crippen molar-refractivity contribution in [1.29, 1.82) is 0 Å². The monoisotopic (exact) mass is 344 g/mol. The summed E-state index contributed by atoms with van der Waals surface area (Å²) in [7, 11) is 0. The minimum Gasteiger partial charge on any atom is -0.398 e. The first-order chi connectivity index (χ1) is 12.1. The Morgan fingerprint density at radius 1 is 0.840 bits per heavy atom. The Morgan fingerprint density at radius 3 is 2.12 bits per heavy atom. The molecule has 2 amide bonds. The number of nitrogen functional groups attached to an aromatic ring is 1. The highest BCUT2D eigenvalue weighted by molar-refractivity contribution is 5.99. The van der Waals surface area contributed by atoms with Gasteiger partial charge in [-0.05, 0) is 25.0 Å². The Labute approximate surface area is 149 Å². The molecule has 0 aliphatic carbocycles. The third kappa shape index (κ3) is 4.51. The first-order valence-electron chi connectivity index (χ1n) is 9.29. The lowest BCUT2D eigenvalue weighted by atomic mass is 10.1. The molecular formula is C19H28N4O2. The van der Waals surface area contributed by atoms with Crippen LogP contribution < -0.4 is 5.73 Å². The minimum atomic E-state index is -0.0170. The van der Waals surface area contributed by atoms with E-state index in [2.05, 4.69) is 4.90 Å². The average Bonchev–Trinajstić information content (AvgIpc) is 2.92. The number of nitrogens with two attached hydrogens (primary N) is 1. The van der Waals surface area contributed by atoms with E-state index in [-0.39, 0.29) is 11.8 Å². The van der Waals surface area contributed by atoms with Crippen LogP contribution in [0.15, 0.2) is 24.3 Å². The normalized spacial score (nSPS) is 19.5. The molecule has 1 aromatic rings. The van der Waals surface area contributed by atoms with E-state index >= 15 is 0 Å². The highest BCUT2D eigenvalue weighted by Gasteiger charge is 2.25. The highest BCUT2D eigenvalue weighted by atomic mass is 16.2. The molecule has 1 aromatic carbocycles. The topological polar surface area (TPSA) is 69.9 Å². The van der Waals surface area contributed by atoms with Gasteiger partial charge in [-0.2, -0.15) is 0 Å². The van der Waals surface area contributed by atoms with Gasteiger partial charge in [0.25, 0.3) is 5.91 Å². The van der Waals surface area contributed by atoms with Gasteiger partial charge < -0.3 is 15.5 Å². The van der Waals surface area contributed by atoms with Crippen LogP contribution >= 0.6 is 0 Å². The van der Waals surface area contributed by atoms with Gasteiger partial charge in [-0.3, -0.25) is 14.5 Å². The second kappa shape index (κ2) is 8.34. The quantitative estimate of drug-likeness (QED) is 0.842. The van der Waals surface area contributed by atoms with Crippen LogP contribution in [0.1, 0.15) is 36.0 Å². The Bertz CT molecular complexity index is 603. The molecular weight excluding hydrogens is 316 g/mol. The van der Waals surface area contributed by atoms with Crippen LogP contribution in [0.2, 0.25) is 0 Å². The zero-order valence-electron chi connectivity index (χ0n) is 14.8. The van der Waals surface area contributed by atoms with E-state index in [9.17, 15) is 9.59 Å². The Hall–Kier alpha value is -2.08. The summed E-state index contributed by atoms with van der Waals surface area (Å²) in [6.45, 7) is 5.00. The molecule has 136 valence electrons. The van der Waals surface area contributed by atoms with Crippen molar-refractivity contribution < 1.29 is 9.59 Å². The maximum absolute atomic E-state index is 12.6. The molecule has 0 unspecified atom stereocenters. The number of hydrogen-bond acceptors (Lipinski definition) is 4. The SMILES string of the molecule is Nc1ccccc1C(=O)N1CCN(CC(=O)N2CCCCCC2)CC1. The fourth-order valence-corrected chi connectivity index (χ4v) is 3.58. The largest absolute Gasteiger partial charge is 0.398 e. The molecule has 6 nitrogen and oxygen atoms in total. The number of nitrogens with zero attached hydrogens (tertiary/aromatic N) is 3. The van der Waals surface area contributed by atoms with Gasteiger partial charge >= 0.3 is 0 Å². The van der Waals surface area contributed by atoms with Crippen LogP contribution in [0.5, 0.6) is 0 Å². The number of benzene rings is 1. The molecule has 2 N–H and O–H groups in total. The molecule has 2 fully saturated rings. The standard InChI is InChI=1S/C19H28N4O2/c20-17-8-4-3-7-16(17)19(25)23-13-11-21(12-14-23)15-18(24)22-9-5-1-2-6-10-22/h3-4,7-8H,1-2,5-6,9-15,20H2. The van der Waals surface area contributed by atoms with Gasteiger partial charge in [-0.1, -0.05) is 25.0 Å². The summed E-state index contributed by atoms with van der Waals surface area (Å²) in [5.74, 6) is 0.213. The zero-order chi connectivity index (χ0) is 17.6. The Kier molecular flexibility index (Phi) is 5.91. The van der Waals surface area contributed by atoms with Crippen molar-refractivity contribution in [1.82, 2.24) is 14.7 Å². The van der Waals surface area contributed by atoms with E-state index < -0.39 is 0 Å². The maximum Gasteiger partial charge on any atom is 0.256 e. The van der Waals surface area contributed by atoms with Gasteiger partial charge in [-0.15, -0.1) is 0 Å².